The Morgan fingerprint density at radius 1 is 0.864 bits per heavy atom. The first-order valence-electron chi connectivity index (χ1n) is 9.08. The average molecular weight is 307 g/mol. The molecule has 0 saturated heterocycles. The molecule has 0 heteroatoms. The van der Waals surface area contributed by atoms with Crippen LogP contribution in [0.25, 0.3) is 0 Å². The van der Waals surface area contributed by atoms with Crippen LogP contribution in [0.2, 0.25) is 0 Å². The first-order chi connectivity index (χ1) is 10.8. The van der Waals surface area contributed by atoms with Gasteiger partial charge >= 0.3 is 0 Å². The van der Waals surface area contributed by atoms with Gasteiger partial charge in [0, 0.05) is 0 Å². The second-order valence-electron chi connectivity index (χ2n) is 3.65. The molecule has 0 aliphatic carbocycles. The van der Waals surface area contributed by atoms with Gasteiger partial charge < -0.3 is 0 Å². The van der Waals surface area contributed by atoms with Crippen molar-refractivity contribution in [1.82, 2.24) is 0 Å². The van der Waals surface area contributed by atoms with Crippen molar-refractivity contribution in [2.45, 2.75) is 81.6 Å². The summed E-state index contributed by atoms with van der Waals surface area (Å²) < 4.78 is 0. The predicted molar refractivity (Wildman–Crippen MR) is 110 cm³/mol. The summed E-state index contributed by atoms with van der Waals surface area (Å²) in [5.74, 6) is 0. The first kappa shape index (κ1) is 28.8. The minimum absolute atomic E-state index is 0.970. The van der Waals surface area contributed by atoms with E-state index in [2.05, 4.69) is 56.9 Å². The molecule has 22 heavy (non-hydrogen) atoms. The molecule has 0 aliphatic heterocycles. The van der Waals surface area contributed by atoms with E-state index in [-0.39, 0.29) is 0 Å². The minimum Gasteiger partial charge on any atom is -0.0988 e. The molecule has 0 saturated carbocycles. The van der Waals surface area contributed by atoms with Crippen molar-refractivity contribution in [3.05, 3.63) is 60.3 Å². The molecule has 0 bridgehead atoms. The number of hydrogen-bond acceptors (Lipinski definition) is 0. The highest BCUT2D eigenvalue weighted by Gasteiger charge is 1.95. The molecule has 0 nitrogen and oxygen atoms in total. The third kappa shape index (κ3) is 23.8. The maximum atomic E-state index is 3.86. The summed E-state index contributed by atoms with van der Waals surface area (Å²) in [7, 11) is 0. The smallest absolute Gasteiger partial charge is 0.00293 e. The summed E-state index contributed by atoms with van der Waals surface area (Å²) in [4.78, 5) is 0. The lowest BCUT2D eigenvalue weighted by molar-refractivity contribution is 1.13. The Balaban J connectivity index is -0.000000238. The molecule has 0 aromatic carbocycles. The second-order valence-corrected chi connectivity index (χ2v) is 3.65. The van der Waals surface area contributed by atoms with E-state index in [1.807, 2.05) is 54.5 Å². The van der Waals surface area contributed by atoms with Crippen LogP contribution in [0.4, 0.5) is 0 Å². The normalized spacial score (nSPS) is 11.0. The van der Waals surface area contributed by atoms with Crippen LogP contribution in [0.1, 0.15) is 81.6 Å². The summed E-state index contributed by atoms with van der Waals surface area (Å²) in [5.41, 5.74) is 2.64. The zero-order chi connectivity index (χ0) is 18.2. The molecule has 0 fully saturated rings. The van der Waals surface area contributed by atoms with E-state index in [1.54, 1.807) is 0 Å². The monoisotopic (exact) mass is 306 g/mol. The van der Waals surface area contributed by atoms with Gasteiger partial charge in [0.2, 0.25) is 0 Å². The van der Waals surface area contributed by atoms with Crippen molar-refractivity contribution in [2.24, 2.45) is 0 Å². The van der Waals surface area contributed by atoms with Gasteiger partial charge in [0.25, 0.3) is 0 Å². The third-order valence-corrected chi connectivity index (χ3v) is 2.21. The van der Waals surface area contributed by atoms with Crippen LogP contribution in [-0.2, 0) is 0 Å². The van der Waals surface area contributed by atoms with Gasteiger partial charge in [-0.2, -0.15) is 0 Å². The molecule has 0 aliphatic rings. The Bertz CT molecular complexity index is 298. The van der Waals surface area contributed by atoms with Crippen molar-refractivity contribution in [2.75, 3.05) is 0 Å². The molecular formula is C22H42. The quantitative estimate of drug-likeness (QED) is 0.414. The van der Waals surface area contributed by atoms with Crippen LogP contribution in [0.3, 0.4) is 0 Å². The molecular weight excluding hydrogens is 264 g/mol. The van der Waals surface area contributed by atoms with E-state index in [1.165, 1.54) is 11.1 Å². The summed E-state index contributed by atoms with van der Waals surface area (Å²) >= 11 is 0. The molecule has 0 atom stereocenters. The van der Waals surface area contributed by atoms with Gasteiger partial charge in [0.05, 0.1) is 0 Å². The van der Waals surface area contributed by atoms with Crippen molar-refractivity contribution < 1.29 is 0 Å². The molecule has 0 radical (unpaired) electrons. The van der Waals surface area contributed by atoms with E-state index in [9.17, 15) is 0 Å². The molecule has 0 aromatic rings. The van der Waals surface area contributed by atoms with Crippen molar-refractivity contribution in [3.8, 4) is 0 Å². The Hall–Kier alpha value is -1.30. The lowest BCUT2D eigenvalue weighted by Crippen LogP contribution is -1.83. The van der Waals surface area contributed by atoms with E-state index in [0.717, 1.165) is 19.3 Å². The molecule has 130 valence electrons. The van der Waals surface area contributed by atoms with Gasteiger partial charge in [0.1, 0.15) is 0 Å². The second kappa shape index (κ2) is 31.9. The molecule has 0 unspecified atom stereocenters. The number of allylic oxidation sites excluding steroid dienone is 9. The van der Waals surface area contributed by atoms with Crippen LogP contribution in [0, 0.1) is 0 Å². The molecule has 0 amide bonds. The number of rotatable bonds is 7. The summed E-state index contributed by atoms with van der Waals surface area (Å²) in [6.07, 6.45) is 18.0. The van der Waals surface area contributed by atoms with Gasteiger partial charge in [0.15, 0.2) is 0 Å². The Labute approximate surface area is 142 Å². The van der Waals surface area contributed by atoms with Crippen LogP contribution in [0.15, 0.2) is 60.3 Å². The zero-order valence-corrected chi connectivity index (χ0v) is 16.9. The SMILES string of the molecule is C=C/C(=C\CC)CC(/C=C\CC)=C/C=C\C.CC.CC.CC. The zero-order valence-electron chi connectivity index (χ0n) is 16.9. The molecule has 0 spiro atoms. The highest BCUT2D eigenvalue weighted by atomic mass is 14.0. The van der Waals surface area contributed by atoms with E-state index >= 15 is 0 Å². The fourth-order valence-electron chi connectivity index (χ4n) is 1.39. The lowest BCUT2D eigenvalue weighted by atomic mass is 10.0. The summed E-state index contributed by atoms with van der Waals surface area (Å²) in [6.45, 7) is 22.2. The average Bonchev–Trinajstić information content (AvgIpc) is 2.61. The Morgan fingerprint density at radius 2 is 1.41 bits per heavy atom. The Kier molecular flexibility index (Phi) is 41.7. The molecule has 0 N–H and O–H groups in total. The molecule has 0 aromatic heterocycles. The minimum atomic E-state index is 0.970. The maximum Gasteiger partial charge on any atom is -0.00293 e. The van der Waals surface area contributed by atoms with Gasteiger partial charge in [-0.25, -0.2) is 0 Å². The van der Waals surface area contributed by atoms with Crippen molar-refractivity contribution >= 4 is 0 Å². The summed E-state index contributed by atoms with van der Waals surface area (Å²) in [6, 6.07) is 0. The highest BCUT2D eigenvalue weighted by molar-refractivity contribution is 5.32. The van der Waals surface area contributed by atoms with E-state index in [0.29, 0.717) is 0 Å². The topological polar surface area (TPSA) is 0 Å². The van der Waals surface area contributed by atoms with Crippen molar-refractivity contribution in [1.29, 1.82) is 0 Å². The fraction of sp³-hybridized carbons (Fsp3) is 0.545. The van der Waals surface area contributed by atoms with Gasteiger partial charge in [-0.3, -0.25) is 0 Å². The standard InChI is InChI=1S/C16H24.3C2H6/c1-5-9-12-16(13-10-6-2)14-15(8-4)11-7-3;3*1-2/h5,8-13H,4,6-7,14H2,1-3H3;3*1-2H3/b9-5-,13-10-,15-11+,16-12+;;;. The van der Waals surface area contributed by atoms with Crippen LogP contribution >= 0.6 is 0 Å². The third-order valence-electron chi connectivity index (χ3n) is 2.21. The van der Waals surface area contributed by atoms with Crippen LogP contribution in [0.5, 0.6) is 0 Å². The van der Waals surface area contributed by atoms with Crippen LogP contribution < -0.4 is 0 Å². The van der Waals surface area contributed by atoms with Gasteiger partial charge in [-0.05, 0) is 37.3 Å². The molecule has 0 rings (SSSR count). The predicted octanol–water partition coefficient (Wildman–Crippen LogP) is 8.45. The first-order valence-corrected chi connectivity index (χ1v) is 9.08. The van der Waals surface area contributed by atoms with E-state index in [4.69, 9.17) is 0 Å². The lowest BCUT2D eigenvalue weighted by Gasteiger charge is -2.03. The fourth-order valence-corrected chi connectivity index (χ4v) is 1.39. The van der Waals surface area contributed by atoms with Crippen molar-refractivity contribution in [3.63, 3.8) is 0 Å². The van der Waals surface area contributed by atoms with E-state index < -0.39 is 0 Å². The number of hydrogen-bond donors (Lipinski definition) is 0. The molecule has 0 heterocycles. The largest absolute Gasteiger partial charge is 0.0988 e. The maximum absolute atomic E-state index is 3.86. The summed E-state index contributed by atoms with van der Waals surface area (Å²) in [5, 5.41) is 0. The van der Waals surface area contributed by atoms with Gasteiger partial charge in [-0.1, -0.05) is 105 Å². The van der Waals surface area contributed by atoms with Gasteiger partial charge in [-0.15, -0.1) is 0 Å². The van der Waals surface area contributed by atoms with Crippen LogP contribution in [-0.4, -0.2) is 0 Å². The Morgan fingerprint density at radius 3 is 1.77 bits per heavy atom. The highest BCUT2D eigenvalue weighted by Crippen LogP contribution is 2.14.